The zero-order valence-corrected chi connectivity index (χ0v) is 10.9. The molecule has 0 atom stereocenters. The van der Waals surface area contributed by atoms with Crippen LogP contribution in [0.4, 0.5) is 0 Å². The van der Waals surface area contributed by atoms with Crippen LogP contribution >= 0.6 is 0 Å². The summed E-state index contributed by atoms with van der Waals surface area (Å²) in [4.78, 5) is 12.8. The van der Waals surface area contributed by atoms with E-state index in [1.807, 2.05) is 31.2 Å². The van der Waals surface area contributed by atoms with E-state index in [9.17, 15) is 0 Å². The number of rotatable bonds is 3. The number of hydrogen-bond donors (Lipinski definition) is 1. The quantitative estimate of drug-likeness (QED) is 0.780. The number of nitrogens with zero attached hydrogens (tertiary/aromatic N) is 4. The summed E-state index contributed by atoms with van der Waals surface area (Å²) in [6, 6.07) is 7.52. The van der Waals surface area contributed by atoms with Gasteiger partial charge >= 0.3 is 0 Å². The Labute approximate surface area is 115 Å². The zero-order chi connectivity index (χ0) is 13.9. The van der Waals surface area contributed by atoms with Gasteiger partial charge in [0, 0.05) is 18.9 Å². The molecule has 3 aromatic heterocycles. The molecule has 0 radical (unpaired) electrons. The second kappa shape index (κ2) is 5.18. The van der Waals surface area contributed by atoms with Crippen LogP contribution in [-0.2, 0) is 6.54 Å². The van der Waals surface area contributed by atoms with E-state index in [2.05, 4.69) is 20.1 Å². The van der Waals surface area contributed by atoms with E-state index >= 15 is 0 Å². The fourth-order valence-electron chi connectivity index (χ4n) is 1.82. The molecule has 6 heteroatoms. The van der Waals surface area contributed by atoms with E-state index in [0.717, 1.165) is 11.1 Å². The van der Waals surface area contributed by atoms with Crippen molar-refractivity contribution in [3.8, 4) is 23.1 Å². The largest absolute Gasteiger partial charge is 0.332 e. The van der Waals surface area contributed by atoms with Crippen molar-refractivity contribution in [2.75, 3.05) is 0 Å². The molecule has 0 aromatic carbocycles. The van der Waals surface area contributed by atoms with Crippen LogP contribution in [0.1, 0.15) is 11.1 Å². The first-order valence-corrected chi connectivity index (χ1v) is 6.19. The Morgan fingerprint density at radius 1 is 1.20 bits per heavy atom. The lowest BCUT2D eigenvalue weighted by atomic mass is 10.2. The van der Waals surface area contributed by atoms with Crippen LogP contribution in [-0.4, -0.2) is 20.1 Å². The van der Waals surface area contributed by atoms with Gasteiger partial charge in [-0.2, -0.15) is 4.98 Å². The fourth-order valence-corrected chi connectivity index (χ4v) is 1.82. The summed E-state index contributed by atoms with van der Waals surface area (Å²) in [6.07, 6.45) is 3.40. The summed E-state index contributed by atoms with van der Waals surface area (Å²) in [5.74, 6) is 0.830. The molecule has 3 heterocycles. The van der Waals surface area contributed by atoms with Crippen molar-refractivity contribution in [1.82, 2.24) is 20.1 Å². The van der Waals surface area contributed by atoms with Crippen LogP contribution in [0.15, 0.2) is 41.2 Å². The van der Waals surface area contributed by atoms with E-state index in [0.29, 0.717) is 29.6 Å². The van der Waals surface area contributed by atoms with E-state index in [-0.39, 0.29) is 0 Å². The molecular formula is C14H13N5O. The Kier molecular flexibility index (Phi) is 3.22. The van der Waals surface area contributed by atoms with Gasteiger partial charge in [-0.15, -0.1) is 0 Å². The molecule has 0 saturated carbocycles. The molecule has 20 heavy (non-hydrogen) atoms. The zero-order valence-electron chi connectivity index (χ0n) is 10.9. The van der Waals surface area contributed by atoms with Gasteiger partial charge < -0.3 is 10.3 Å². The number of nitrogens with two attached hydrogens (primary N) is 1. The molecule has 3 rings (SSSR count). The molecule has 3 aromatic rings. The molecule has 0 aliphatic carbocycles. The molecule has 0 aliphatic rings. The van der Waals surface area contributed by atoms with Gasteiger partial charge in [-0.3, -0.25) is 9.97 Å². The summed E-state index contributed by atoms with van der Waals surface area (Å²) >= 11 is 0. The summed E-state index contributed by atoms with van der Waals surface area (Å²) in [5, 5.41) is 3.95. The van der Waals surface area contributed by atoms with Gasteiger partial charge in [0.25, 0.3) is 5.89 Å². The maximum atomic E-state index is 5.54. The Bertz CT molecular complexity index is 720. The van der Waals surface area contributed by atoms with Gasteiger partial charge in [0.2, 0.25) is 5.82 Å². The monoisotopic (exact) mass is 267 g/mol. The summed E-state index contributed by atoms with van der Waals surface area (Å²) in [6.45, 7) is 2.40. The third-order valence-electron chi connectivity index (χ3n) is 2.93. The Hall–Kier alpha value is -2.60. The van der Waals surface area contributed by atoms with Gasteiger partial charge in [0.1, 0.15) is 11.4 Å². The molecule has 100 valence electrons. The topological polar surface area (TPSA) is 90.7 Å². The number of hydrogen-bond acceptors (Lipinski definition) is 6. The molecular weight excluding hydrogens is 254 g/mol. The maximum Gasteiger partial charge on any atom is 0.276 e. The highest BCUT2D eigenvalue weighted by Gasteiger charge is 2.13. The number of aryl methyl sites for hydroxylation is 1. The van der Waals surface area contributed by atoms with Crippen molar-refractivity contribution in [1.29, 1.82) is 0 Å². The third kappa shape index (κ3) is 2.28. The van der Waals surface area contributed by atoms with Gasteiger partial charge in [-0.1, -0.05) is 17.3 Å². The average Bonchev–Trinajstić information content (AvgIpc) is 2.97. The van der Waals surface area contributed by atoms with Crippen molar-refractivity contribution in [3.05, 3.63) is 47.8 Å². The van der Waals surface area contributed by atoms with Gasteiger partial charge in [-0.25, -0.2) is 0 Å². The van der Waals surface area contributed by atoms with Gasteiger partial charge in [0.15, 0.2) is 0 Å². The molecule has 0 bridgehead atoms. The highest BCUT2D eigenvalue weighted by molar-refractivity contribution is 5.57. The van der Waals surface area contributed by atoms with Crippen LogP contribution in [0, 0.1) is 6.92 Å². The molecule has 0 aliphatic heterocycles. The lowest BCUT2D eigenvalue weighted by molar-refractivity contribution is 0.430. The van der Waals surface area contributed by atoms with Crippen molar-refractivity contribution in [3.63, 3.8) is 0 Å². The van der Waals surface area contributed by atoms with E-state index in [1.54, 1.807) is 12.4 Å². The molecule has 0 spiro atoms. The first kappa shape index (κ1) is 12.4. The SMILES string of the molecule is Cc1cccnc1-c1noc(-c2ccc(CN)cn2)n1. The summed E-state index contributed by atoms with van der Waals surface area (Å²) in [7, 11) is 0. The Balaban J connectivity index is 1.95. The highest BCUT2D eigenvalue weighted by Crippen LogP contribution is 2.21. The van der Waals surface area contributed by atoms with Crippen LogP contribution in [0.5, 0.6) is 0 Å². The third-order valence-corrected chi connectivity index (χ3v) is 2.93. The standard InChI is InChI=1S/C14H13N5O/c1-9-3-2-6-16-12(9)13-18-14(20-19-13)11-5-4-10(7-15)8-17-11/h2-6,8H,7,15H2,1H3. The normalized spacial score (nSPS) is 10.7. The minimum atomic E-state index is 0.369. The Morgan fingerprint density at radius 2 is 2.10 bits per heavy atom. The number of aromatic nitrogens is 4. The number of pyridine rings is 2. The lowest BCUT2D eigenvalue weighted by Gasteiger charge is -1.97. The molecule has 0 saturated heterocycles. The smallest absolute Gasteiger partial charge is 0.276 e. The van der Waals surface area contributed by atoms with Crippen molar-refractivity contribution in [2.45, 2.75) is 13.5 Å². The van der Waals surface area contributed by atoms with Crippen LogP contribution in [0.25, 0.3) is 23.1 Å². The second-order valence-electron chi connectivity index (χ2n) is 4.35. The summed E-state index contributed by atoms with van der Waals surface area (Å²) < 4.78 is 5.24. The first-order chi connectivity index (χ1) is 9.78. The lowest BCUT2D eigenvalue weighted by Crippen LogP contribution is -1.97. The van der Waals surface area contributed by atoms with Gasteiger partial charge in [0.05, 0.1) is 0 Å². The minimum Gasteiger partial charge on any atom is -0.332 e. The second-order valence-corrected chi connectivity index (χ2v) is 4.35. The van der Waals surface area contributed by atoms with Crippen LogP contribution < -0.4 is 5.73 Å². The molecule has 0 fully saturated rings. The average molecular weight is 267 g/mol. The van der Waals surface area contributed by atoms with Crippen molar-refractivity contribution < 1.29 is 4.52 Å². The summed E-state index contributed by atoms with van der Waals surface area (Å²) in [5.41, 5.74) is 8.81. The van der Waals surface area contributed by atoms with E-state index < -0.39 is 0 Å². The Morgan fingerprint density at radius 3 is 2.80 bits per heavy atom. The predicted molar refractivity (Wildman–Crippen MR) is 73.4 cm³/mol. The fraction of sp³-hybridized carbons (Fsp3) is 0.143. The van der Waals surface area contributed by atoms with Gasteiger partial charge in [-0.05, 0) is 30.2 Å². The minimum absolute atomic E-state index is 0.369. The van der Waals surface area contributed by atoms with Crippen LogP contribution in [0.2, 0.25) is 0 Å². The van der Waals surface area contributed by atoms with E-state index in [1.165, 1.54) is 0 Å². The molecule has 6 nitrogen and oxygen atoms in total. The molecule has 0 unspecified atom stereocenters. The predicted octanol–water partition coefficient (Wildman–Crippen LogP) is 1.96. The highest BCUT2D eigenvalue weighted by atomic mass is 16.5. The first-order valence-electron chi connectivity index (χ1n) is 6.19. The van der Waals surface area contributed by atoms with Crippen molar-refractivity contribution in [2.24, 2.45) is 5.73 Å². The van der Waals surface area contributed by atoms with Crippen molar-refractivity contribution >= 4 is 0 Å². The maximum absolute atomic E-state index is 5.54. The van der Waals surface area contributed by atoms with E-state index in [4.69, 9.17) is 10.3 Å². The molecule has 2 N–H and O–H groups in total. The molecule has 0 amide bonds. The van der Waals surface area contributed by atoms with Crippen LogP contribution in [0.3, 0.4) is 0 Å².